The summed E-state index contributed by atoms with van der Waals surface area (Å²) >= 11 is 6.06. The highest BCUT2D eigenvalue weighted by Gasteiger charge is 2.03. The maximum Gasteiger partial charge on any atom is 0.319 e. The van der Waals surface area contributed by atoms with E-state index in [1.165, 1.54) is 5.56 Å². The molecule has 0 bridgehead atoms. The van der Waals surface area contributed by atoms with Gasteiger partial charge in [0.25, 0.3) is 0 Å². The summed E-state index contributed by atoms with van der Waals surface area (Å²) in [6, 6.07) is 13.4. The van der Waals surface area contributed by atoms with E-state index in [0.717, 1.165) is 23.2 Å². The van der Waals surface area contributed by atoms with Crippen molar-refractivity contribution in [1.82, 2.24) is 5.32 Å². The zero-order valence-corrected chi connectivity index (χ0v) is 13.0. The fourth-order valence-corrected chi connectivity index (χ4v) is 2.13. The highest BCUT2D eigenvalue weighted by molar-refractivity contribution is 6.31. The third kappa shape index (κ3) is 4.50. The van der Waals surface area contributed by atoms with Crippen LogP contribution in [0.5, 0.6) is 0 Å². The third-order valence-electron chi connectivity index (χ3n) is 3.31. The predicted molar refractivity (Wildman–Crippen MR) is 87.9 cm³/mol. The average molecular weight is 303 g/mol. The van der Waals surface area contributed by atoms with Gasteiger partial charge in [0, 0.05) is 17.3 Å². The summed E-state index contributed by atoms with van der Waals surface area (Å²) in [5, 5.41) is 6.33. The van der Waals surface area contributed by atoms with Crippen molar-refractivity contribution in [3.63, 3.8) is 0 Å². The molecular formula is C17H19ClN2O. The second-order valence-electron chi connectivity index (χ2n) is 4.94. The highest BCUT2D eigenvalue weighted by Crippen LogP contribution is 2.16. The van der Waals surface area contributed by atoms with Gasteiger partial charge in [-0.15, -0.1) is 0 Å². The molecule has 0 aliphatic carbocycles. The third-order valence-corrected chi connectivity index (χ3v) is 3.72. The van der Waals surface area contributed by atoms with Crippen LogP contribution in [0, 0.1) is 6.92 Å². The molecule has 0 unspecified atom stereocenters. The molecule has 0 aliphatic rings. The van der Waals surface area contributed by atoms with E-state index in [4.69, 9.17) is 11.6 Å². The van der Waals surface area contributed by atoms with Crippen LogP contribution < -0.4 is 10.6 Å². The van der Waals surface area contributed by atoms with Crippen molar-refractivity contribution in [3.05, 3.63) is 64.2 Å². The van der Waals surface area contributed by atoms with E-state index in [-0.39, 0.29) is 6.03 Å². The maximum atomic E-state index is 11.8. The summed E-state index contributed by atoms with van der Waals surface area (Å²) in [5.41, 5.74) is 4.03. The Labute approximate surface area is 130 Å². The van der Waals surface area contributed by atoms with Gasteiger partial charge in [0.2, 0.25) is 0 Å². The van der Waals surface area contributed by atoms with Gasteiger partial charge in [0.1, 0.15) is 0 Å². The largest absolute Gasteiger partial charge is 0.334 e. The van der Waals surface area contributed by atoms with Gasteiger partial charge in [-0.3, -0.25) is 0 Å². The normalized spacial score (nSPS) is 10.2. The van der Waals surface area contributed by atoms with Crippen LogP contribution in [-0.4, -0.2) is 6.03 Å². The minimum absolute atomic E-state index is 0.226. The Morgan fingerprint density at radius 2 is 1.76 bits per heavy atom. The molecule has 0 aliphatic heterocycles. The van der Waals surface area contributed by atoms with Crippen molar-refractivity contribution in [2.45, 2.75) is 26.8 Å². The summed E-state index contributed by atoms with van der Waals surface area (Å²) in [5.74, 6) is 0. The number of rotatable bonds is 4. The van der Waals surface area contributed by atoms with Crippen molar-refractivity contribution in [2.75, 3.05) is 5.32 Å². The lowest BCUT2D eigenvalue weighted by atomic mass is 10.1. The Morgan fingerprint density at radius 1 is 1.10 bits per heavy atom. The quantitative estimate of drug-likeness (QED) is 0.856. The standard InChI is InChI=1S/C17H19ClN2O/c1-3-13-6-8-15(9-7-13)20-17(21)19-11-14-5-4-12(2)16(18)10-14/h4-10H,3,11H2,1-2H3,(H2,19,20,21). The number of anilines is 1. The Morgan fingerprint density at radius 3 is 2.38 bits per heavy atom. The molecule has 2 rings (SSSR count). The second kappa shape index (κ2) is 7.14. The van der Waals surface area contributed by atoms with E-state index >= 15 is 0 Å². The summed E-state index contributed by atoms with van der Waals surface area (Å²) in [4.78, 5) is 11.8. The second-order valence-corrected chi connectivity index (χ2v) is 5.35. The molecule has 0 saturated carbocycles. The molecule has 2 amide bonds. The van der Waals surface area contributed by atoms with Gasteiger partial charge in [0.05, 0.1) is 0 Å². The minimum Gasteiger partial charge on any atom is -0.334 e. The van der Waals surface area contributed by atoms with Crippen LogP contribution in [0.1, 0.15) is 23.6 Å². The fraction of sp³-hybridized carbons (Fsp3) is 0.235. The fourth-order valence-electron chi connectivity index (χ4n) is 1.93. The number of halogens is 1. The predicted octanol–water partition coefficient (Wildman–Crippen LogP) is 4.53. The first-order valence-corrected chi connectivity index (χ1v) is 7.35. The van der Waals surface area contributed by atoms with Crippen LogP contribution in [-0.2, 0) is 13.0 Å². The molecule has 110 valence electrons. The molecule has 21 heavy (non-hydrogen) atoms. The number of carbonyl (C=O) groups excluding carboxylic acids is 1. The Kier molecular flexibility index (Phi) is 5.23. The van der Waals surface area contributed by atoms with Gasteiger partial charge >= 0.3 is 6.03 Å². The SMILES string of the molecule is CCc1ccc(NC(=O)NCc2ccc(C)c(Cl)c2)cc1. The van der Waals surface area contributed by atoms with Crippen LogP contribution in [0.3, 0.4) is 0 Å². The lowest BCUT2D eigenvalue weighted by Crippen LogP contribution is -2.28. The first kappa shape index (κ1) is 15.4. The van der Waals surface area contributed by atoms with Gasteiger partial charge in [-0.05, 0) is 48.2 Å². The van der Waals surface area contributed by atoms with E-state index in [1.54, 1.807) is 0 Å². The topological polar surface area (TPSA) is 41.1 Å². The Hall–Kier alpha value is -2.00. The van der Waals surface area contributed by atoms with Crippen molar-refractivity contribution in [3.8, 4) is 0 Å². The van der Waals surface area contributed by atoms with Gasteiger partial charge in [-0.2, -0.15) is 0 Å². The minimum atomic E-state index is -0.226. The molecule has 4 heteroatoms. The molecule has 0 saturated heterocycles. The summed E-state index contributed by atoms with van der Waals surface area (Å²) in [7, 11) is 0. The zero-order chi connectivity index (χ0) is 15.2. The van der Waals surface area contributed by atoms with E-state index in [1.807, 2.05) is 49.4 Å². The van der Waals surface area contributed by atoms with Gasteiger partial charge in [-0.1, -0.05) is 42.8 Å². The van der Waals surface area contributed by atoms with Gasteiger partial charge in [0.15, 0.2) is 0 Å². The van der Waals surface area contributed by atoms with Gasteiger partial charge < -0.3 is 10.6 Å². The monoisotopic (exact) mass is 302 g/mol. The Balaban J connectivity index is 1.87. The van der Waals surface area contributed by atoms with E-state index in [2.05, 4.69) is 17.6 Å². The number of aryl methyl sites for hydroxylation is 2. The molecule has 0 heterocycles. The summed E-state index contributed by atoms with van der Waals surface area (Å²) < 4.78 is 0. The lowest BCUT2D eigenvalue weighted by Gasteiger charge is -2.09. The van der Waals surface area contributed by atoms with Gasteiger partial charge in [-0.25, -0.2) is 4.79 Å². The van der Waals surface area contributed by atoms with Crippen molar-refractivity contribution in [1.29, 1.82) is 0 Å². The number of carbonyl (C=O) groups is 1. The molecule has 2 aromatic carbocycles. The number of benzene rings is 2. The summed E-state index contributed by atoms with van der Waals surface area (Å²) in [6.45, 7) is 4.49. The molecule has 2 N–H and O–H groups in total. The zero-order valence-electron chi connectivity index (χ0n) is 12.2. The smallest absolute Gasteiger partial charge is 0.319 e. The van der Waals surface area contributed by atoms with Crippen LogP contribution in [0.25, 0.3) is 0 Å². The van der Waals surface area contributed by atoms with Crippen LogP contribution >= 0.6 is 11.6 Å². The number of urea groups is 1. The molecule has 0 fully saturated rings. The van der Waals surface area contributed by atoms with Crippen molar-refractivity contribution < 1.29 is 4.79 Å². The first-order valence-electron chi connectivity index (χ1n) is 6.97. The van der Waals surface area contributed by atoms with E-state index < -0.39 is 0 Å². The molecule has 0 radical (unpaired) electrons. The highest BCUT2D eigenvalue weighted by atomic mass is 35.5. The van der Waals surface area contributed by atoms with Crippen LogP contribution in [0.15, 0.2) is 42.5 Å². The number of hydrogen-bond donors (Lipinski definition) is 2. The molecule has 0 spiro atoms. The maximum absolute atomic E-state index is 11.8. The summed E-state index contributed by atoms with van der Waals surface area (Å²) in [6.07, 6.45) is 0.987. The molecular weight excluding hydrogens is 284 g/mol. The van der Waals surface area contributed by atoms with Crippen molar-refractivity contribution in [2.24, 2.45) is 0 Å². The Bertz CT molecular complexity index is 623. The molecule has 3 nitrogen and oxygen atoms in total. The number of nitrogens with one attached hydrogen (secondary N) is 2. The molecule has 0 aromatic heterocycles. The molecule has 2 aromatic rings. The van der Waals surface area contributed by atoms with Crippen LogP contribution in [0.4, 0.5) is 10.5 Å². The van der Waals surface area contributed by atoms with Crippen molar-refractivity contribution >= 4 is 23.3 Å². The van der Waals surface area contributed by atoms with E-state index in [0.29, 0.717) is 11.6 Å². The lowest BCUT2D eigenvalue weighted by molar-refractivity contribution is 0.251. The van der Waals surface area contributed by atoms with Crippen LogP contribution in [0.2, 0.25) is 5.02 Å². The number of hydrogen-bond acceptors (Lipinski definition) is 1. The van der Waals surface area contributed by atoms with E-state index in [9.17, 15) is 4.79 Å². The molecule has 0 atom stereocenters. The first-order chi connectivity index (χ1) is 10.1. The number of amides is 2. The average Bonchev–Trinajstić information content (AvgIpc) is 2.49.